The Morgan fingerprint density at radius 3 is 2.14 bits per heavy atom. The summed E-state index contributed by atoms with van der Waals surface area (Å²) in [5.74, 6) is 0. The van der Waals surface area contributed by atoms with Crippen molar-refractivity contribution < 1.29 is 8.42 Å². The van der Waals surface area contributed by atoms with E-state index in [2.05, 4.69) is 4.72 Å². The van der Waals surface area contributed by atoms with E-state index in [1.54, 1.807) is 22.8 Å². The first-order chi connectivity index (χ1) is 16.9. The third kappa shape index (κ3) is 4.98. The van der Waals surface area contributed by atoms with Crippen LogP contribution in [0.1, 0.15) is 28.3 Å². The van der Waals surface area contributed by atoms with E-state index in [1.165, 1.54) is 0 Å². The molecule has 0 bridgehead atoms. The highest BCUT2D eigenvalue weighted by molar-refractivity contribution is 7.89. The molecule has 5 aromatic rings. The fraction of sp³-hybridized carbons (Fsp3) is 0.107. The maximum absolute atomic E-state index is 13.5. The van der Waals surface area contributed by atoms with Gasteiger partial charge in [0.2, 0.25) is 10.0 Å². The highest BCUT2D eigenvalue weighted by atomic mass is 32.2. The molecular weight excluding hydrogens is 476 g/mol. The first kappa shape index (κ1) is 23.2. The molecular formula is C28H24N2O3S2. The number of aryl methyl sites for hydroxylation is 1. The molecule has 0 fully saturated rings. The molecule has 176 valence electrons. The Bertz CT molecular complexity index is 1620. The average Bonchev–Trinajstić information content (AvgIpc) is 3.18. The van der Waals surface area contributed by atoms with Gasteiger partial charge in [0.05, 0.1) is 27.7 Å². The summed E-state index contributed by atoms with van der Waals surface area (Å²) in [7, 11) is -3.87. The van der Waals surface area contributed by atoms with E-state index in [0.717, 1.165) is 39.1 Å². The molecule has 1 atom stereocenters. The van der Waals surface area contributed by atoms with Crippen LogP contribution in [0.15, 0.2) is 113 Å². The van der Waals surface area contributed by atoms with Crippen molar-refractivity contribution >= 4 is 31.6 Å². The zero-order chi connectivity index (χ0) is 24.4. The molecule has 0 radical (unpaired) electrons. The molecule has 1 N–H and O–H groups in total. The largest absolute Gasteiger partial charge is 0.308 e. The monoisotopic (exact) mass is 500 g/mol. The molecule has 1 aromatic heterocycles. The Morgan fingerprint density at radius 2 is 1.46 bits per heavy atom. The second kappa shape index (κ2) is 9.62. The standard InChI is InChI=1S/C28H24N2O3S2/c1-20-12-14-23(15-13-20)27(22-10-6-3-7-11-22)29-35(32,33)24-16-17-25-26(18-24)34-28(31)30(25)19-21-8-4-2-5-9-21/h2-18,27,29H,19H2,1H3/t27-/m1/s1. The van der Waals surface area contributed by atoms with Crippen LogP contribution >= 0.6 is 11.3 Å². The van der Waals surface area contributed by atoms with Gasteiger partial charge in [0.15, 0.2) is 0 Å². The van der Waals surface area contributed by atoms with Crippen LogP contribution in [-0.2, 0) is 16.6 Å². The molecule has 0 unspecified atom stereocenters. The van der Waals surface area contributed by atoms with Crippen molar-refractivity contribution in [3.8, 4) is 0 Å². The molecule has 0 saturated carbocycles. The highest BCUT2D eigenvalue weighted by Gasteiger charge is 2.24. The molecule has 4 aromatic carbocycles. The third-order valence-corrected chi connectivity index (χ3v) is 8.31. The van der Waals surface area contributed by atoms with Crippen molar-refractivity contribution in [1.29, 1.82) is 0 Å². The van der Waals surface area contributed by atoms with Gasteiger partial charge < -0.3 is 0 Å². The lowest BCUT2D eigenvalue weighted by Gasteiger charge is -2.20. The number of benzene rings is 4. The number of rotatable bonds is 7. The van der Waals surface area contributed by atoms with Gasteiger partial charge >= 0.3 is 4.87 Å². The molecule has 1 heterocycles. The SMILES string of the molecule is Cc1ccc([C@H](NS(=O)(=O)c2ccc3c(c2)sc(=O)n3Cc2ccccc2)c2ccccc2)cc1. The van der Waals surface area contributed by atoms with Gasteiger partial charge in [-0.2, -0.15) is 4.72 Å². The van der Waals surface area contributed by atoms with Gasteiger partial charge in [0.1, 0.15) is 0 Å². The number of fused-ring (bicyclic) bond motifs is 1. The lowest BCUT2D eigenvalue weighted by atomic mass is 9.99. The highest BCUT2D eigenvalue weighted by Crippen LogP contribution is 2.27. The summed E-state index contributed by atoms with van der Waals surface area (Å²) >= 11 is 1.06. The fourth-order valence-corrected chi connectivity index (χ4v) is 6.33. The van der Waals surface area contributed by atoms with Gasteiger partial charge in [-0.1, -0.05) is 102 Å². The Hall–Kier alpha value is -3.52. The number of aromatic nitrogens is 1. The molecule has 0 aliphatic heterocycles. The molecule has 0 saturated heterocycles. The van der Waals surface area contributed by atoms with Crippen LogP contribution in [0.5, 0.6) is 0 Å². The Morgan fingerprint density at radius 1 is 0.829 bits per heavy atom. The molecule has 0 aliphatic rings. The topological polar surface area (TPSA) is 68.2 Å². The van der Waals surface area contributed by atoms with Crippen LogP contribution in [-0.4, -0.2) is 13.0 Å². The minimum Gasteiger partial charge on any atom is -0.294 e. The Balaban J connectivity index is 1.50. The van der Waals surface area contributed by atoms with Crippen LogP contribution in [0.3, 0.4) is 0 Å². The third-order valence-electron chi connectivity index (χ3n) is 5.95. The second-order valence-electron chi connectivity index (χ2n) is 8.44. The van der Waals surface area contributed by atoms with Crippen LogP contribution < -0.4 is 9.60 Å². The van der Waals surface area contributed by atoms with Crippen LogP contribution in [0, 0.1) is 6.92 Å². The predicted molar refractivity (Wildman–Crippen MR) is 141 cm³/mol. The van der Waals surface area contributed by atoms with Crippen molar-refractivity contribution in [3.05, 3.63) is 135 Å². The molecule has 0 aliphatic carbocycles. The Labute approximate surface area is 208 Å². The van der Waals surface area contributed by atoms with Gasteiger partial charge in [0.25, 0.3) is 0 Å². The van der Waals surface area contributed by atoms with Crippen molar-refractivity contribution in [3.63, 3.8) is 0 Å². The van der Waals surface area contributed by atoms with E-state index in [-0.39, 0.29) is 9.77 Å². The van der Waals surface area contributed by atoms with E-state index in [4.69, 9.17) is 0 Å². The summed E-state index contributed by atoms with van der Waals surface area (Å²) in [5.41, 5.74) is 4.53. The number of nitrogens with one attached hydrogen (secondary N) is 1. The smallest absolute Gasteiger partial charge is 0.294 e. The van der Waals surface area contributed by atoms with Gasteiger partial charge in [-0.05, 0) is 41.8 Å². The van der Waals surface area contributed by atoms with E-state index >= 15 is 0 Å². The molecule has 35 heavy (non-hydrogen) atoms. The molecule has 5 rings (SSSR count). The van der Waals surface area contributed by atoms with Crippen LogP contribution in [0.25, 0.3) is 10.2 Å². The van der Waals surface area contributed by atoms with Crippen molar-refractivity contribution in [2.24, 2.45) is 0 Å². The van der Waals surface area contributed by atoms with Crippen LogP contribution in [0.4, 0.5) is 0 Å². The number of hydrogen-bond donors (Lipinski definition) is 1. The minimum absolute atomic E-state index is 0.117. The molecule has 0 spiro atoms. The summed E-state index contributed by atoms with van der Waals surface area (Å²) in [4.78, 5) is 12.7. The number of sulfonamides is 1. The summed E-state index contributed by atoms with van der Waals surface area (Å²) in [6.45, 7) is 2.43. The summed E-state index contributed by atoms with van der Waals surface area (Å²) in [5, 5.41) is 0. The van der Waals surface area contributed by atoms with Gasteiger partial charge in [-0.15, -0.1) is 0 Å². The zero-order valence-corrected chi connectivity index (χ0v) is 20.7. The summed E-state index contributed by atoms with van der Waals surface area (Å²) < 4.78 is 32.2. The normalized spacial score (nSPS) is 12.6. The fourth-order valence-electron chi connectivity index (χ4n) is 4.09. The summed E-state index contributed by atoms with van der Waals surface area (Å²) in [6, 6.07) is 31.4. The van der Waals surface area contributed by atoms with E-state index in [1.807, 2.05) is 91.9 Å². The molecule has 7 heteroatoms. The lowest BCUT2D eigenvalue weighted by molar-refractivity contribution is 0.572. The van der Waals surface area contributed by atoms with Gasteiger partial charge in [0, 0.05) is 0 Å². The number of hydrogen-bond acceptors (Lipinski definition) is 4. The van der Waals surface area contributed by atoms with Crippen molar-refractivity contribution in [1.82, 2.24) is 9.29 Å². The minimum atomic E-state index is -3.87. The number of thiazole rings is 1. The zero-order valence-electron chi connectivity index (χ0n) is 19.1. The maximum Gasteiger partial charge on any atom is 0.308 e. The van der Waals surface area contributed by atoms with Crippen LogP contribution in [0.2, 0.25) is 0 Å². The first-order valence-corrected chi connectivity index (χ1v) is 13.5. The van der Waals surface area contributed by atoms with Gasteiger partial charge in [-0.25, -0.2) is 8.42 Å². The second-order valence-corrected chi connectivity index (χ2v) is 11.2. The quantitative estimate of drug-likeness (QED) is 0.321. The number of nitrogens with zero attached hydrogens (tertiary/aromatic N) is 1. The predicted octanol–water partition coefficient (Wildman–Crippen LogP) is 5.49. The maximum atomic E-state index is 13.5. The average molecular weight is 501 g/mol. The van der Waals surface area contributed by atoms with Gasteiger partial charge in [-0.3, -0.25) is 9.36 Å². The molecule has 0 amide bonds. The van der Waals surface area contributed by atoms with Crippen molar-refractivity contribution in [2.45, 2.75) is 24.4 Å². The van der Waals surface area contributed by atoms with E-state index < -0.39 is 16.1 Å². The van der Waals surface area contributed by atoms with Crippen molar-refractivity contribution in [2.75, 3.05) is 0 Å². The van der Waals surface area contributed by atoms with E-state index in [0.29, 0.717) is 11.2 Å². The molecule has 5 nitrogen and oxygen atoms in total. The van der Waals surface area contributed by atoms with E-state index in [9.17, 15) is 13.2 Å². The Kier molecular flexibility index (Phi) is 6.38. The first-order valence-electron chi connectivity index (χ1n) is 11.2. The lowest BCUT2D eigenvalue weighted by Crippen LogP contribution is -2.29. The summed E-state index contributed by atoms with van der Waals surface area (Å²) in [6.07, 6.45) is 0.